The van der Waals surface area contributed by atoms with E-state index >= 15 is 0 Å². The first kappa shape index (κ1) is 22.2. The normalized spacial score (nSPS) is 10.9. The third-order valence-corrected chi connectivity index (χ3v) is 5.11. The van der Waals surface area contributed by atoms with Crippen LogP contribution in [-0.4, -0.2) is 20.2 Å². The highest BCUT2D eigenvalue weighted by Gasteiger charge is 2.15. The fourth-order valence-corrected chi connectivity index (χ4v) is 3.14. The molecule has 3 aromatic carbocycles. The number of rotatable bonds is 6. The molecule has 0 radical (unpaired) electrons. The lowest BCUT2D eigenvalue weighted by molar-refractivity contribution is 0.0729. The fourth-order valence-electron chi connectivity index (χ4n) is 2.84. The van der Waals surface area contributed by atoms with Crippen LogP contribution in [-0.2, 0) is 0 Å². The van der Waals surface area contributed by atoms with Gasteiger partial charge in [-0.1, -0.05) is 41.4 Å². The van der Waals surface area contributed by atoms with Crippen molar-refractivity contribution in [1.29, 1.82) is 5.26 Å². The van der Waals surface area contributed by atoms with Crippen LogP contribution in [0.3, 0.4) is 0 Å². The summed E-state index contributed by atoms with van der Waals surface area (Å²) in [6, 6.07) is 18.9. The van der Waals surface area contributed by atoms with Crippen LogP contribution < -0.4 is 14.2 Å². The minimum absolute atomic E-state index is 0.228. The van der Waals surface area contributed by atoms with Gasteiger partial charge in [0.2, 0.25) is 0 Å². The maximum Gasteiger partial charge on any atom is 0.343 e. The number of esters is 1. The standard InChI is InChI=1S/C24H17Cl2NO4/c1-29-21-6-4-3-5-18(21)17(14-27)11-15-7-10-22(23(12-15)30-2)31-24(28)16-8-9-19(25)20(26)13-16/h3-13H,1-2H3/b17-11-. The van der Waals surface area contributed by atoms with Gasteiger partial charge in [-0.2, -0.15) is 5.26 Å². The highest BCUT2D eigenvalue weighted by Crippen LogP contribution is 2.32. The second-order valence-electron chi connectivity index (χ2n) is 6.30. The van der Waals surface area contributed by atoms with Gasteiger partial charge < -0.3 is 14.2 Å². The summed E-state index contributed by atoms with van der Waals surface area (Å²) in [5.74, 6) is 0.548. The number of ether oxygens (including phenoxy) is 3. The molecule has 3 aromatic rings. The van der Waals surface area contributed by atoms with Gasteiger partial charge >= 0.3 is 5.97 Å². The third kappa shape index (κ3) is 5.18. The van der Waals surface area contributed by atoms with E-state index in [9.17, 15) is 10.1 Å². The molecule has 0 aliphatic heterocycles. The van der Waals surface area contributed by atoms with Crippen LogP contribution in [0, 0.1) is 11.3 Å². The number of methoxy groups -OCH3 is 2. The van der Waals surface area contributed by atoms with Crippen molar-refractivity contribution in [3.8, 4) is 23.3 Å². The van der Waals surface area contributed by atoms with Crippen LogP contribution in [0.4, 0.5) is 0 Å². The Morgan fingerprint density at radius 1 is 0.903 bits per heavy atom. The zero-order valence-electron chi connectivity index (χ0n) is 16.7. The first-order valence-corrected chi connectivity index (χ1v) is 9.83. The first-order valence-electron chi connectivity index (χ1n) is 9.07. The average Bonchev–Trinajstić information content (AvgIpc) is 2.79. The van der Waals surface area contributed by atoms with Crippen molar-refractivity contribution in [2.45, 2.75) is 0 Å². The summed E-state index contributed by atoms with van der Waals surface area (Å²) in [7, 11) is 3.01. The number of hydrogen-bond donors (Lipinski definition) is 0. The molecule has 0 aromatic heterocycles. The van der Waals surface area contributed by atoms with Crippen molar-refractivity contribution in [3.63, 3.8) is 0 Å². The van der Waals surface area contributed by atoms with Crippen LogP contribution in [0.1, 0.15) is 21.5 Å². The van der Waals surface area contributed by atoms with Gasteiger partial charge in [-0.05, 0) is 54.1 Å². The van der Waals surface area contributed by atoms with Crippen molar-refractivity contribution in [2.75, 3.05) is 14.2 Å². The number of hydrogen-bond acceptors (Lipinski definition) is 5. The maximum absolute atomic E-state index is 12.5. The number of carbonyl (C=O) groups is 1. The van der Waals surface area contributed by atoms with Gasteiger partial charge in [-0.25, -0.2) is 4.79 Å². The topological polar surface area (TPSA) is 68.6 Å². The van der Waals surface area contributed by atoms with Gasteiger partial charge in [-0.3, -0.25) is 0 Å². The predicted octanol–water partition coefficient (Wildman–Crippen LogP) is 6.29. The predicted molar refractivity (Wildman–Crippen MR) is 121 cm³/mol. The molecule has 0 aliphatic rings. The van der Waals surface area contributed by atoms with E-state index in [4.69, 9.17) is 37.4 Å². The molecular formula is C24H17Cl2NO4. The maximum atomic E-state index is 12.5. The van der Waals surface area contributed by atoms with Crippen molar-refractivity contribution in [3.05, 3.63) is 87.4 Å². The van der Waals surface area contributed by atoms with Crippen molar-refractivity contribution in [1.82, 2.24) is 0 Å². The Kier molecular flexibility index (Phi) is 7.19. The van der Waals surface area contributed by atoms with Crippen LogP contribution in [0.25, 0.3) is 11.6 Å². The number of benzene rings is 3. The van der Waals surface area contributed by atoms with E-state index in [1.54, 1.807) is 43.5 Å². The van der Waals surface area contributed by atoms with Crippen LogP contribution >= 0.6 is 23.2 Å². The Balaban J connectivity index is 1.90. The quantitative estimate of drug-likeness (QED) is 0.189. The van der Waals surface area contributed by atoms with Crippen molar-refractivity contribution >= 4 is 40.8 Å². The molecule has 0 fully saturated rings. The van der Waals surface area contributed by atoms with Gasteiger partial charge in [0.1, 0.15) is 5.75 Å². The number of nitrogens with zero attached hydrogens (tertiary/aromatic N) is 1. The zero-order chi connectivity index (χ0) is 22.4. The van der Waals surface area contributed by atoms with E-state index in [2.05, 4.69) is 6.07 Å². The molecule has 31 heavy (non-hydrogen) atoms. The van der Waals surface area contributed by atoms with Crippen molar-refractivity contribution in [2.24, 2.45) is 0 Å². The van der Waals surface area contributed by atoms with Gasteiger partial charge in [0.25, 0.3) is 0 Å². The van der Waals surface area contributed by atoms with Crippen LogP contribution in [0.5, 0.6) is 17.2 Å². The minimum Gasteiger partial charge on any atom is -0.496 e. The molecule has 3 rings (SSSR count). The van der Waals surface area contributed by atoms with E-state index in [0.717, 1.165) is 0 Å². The average molecular weight is 454 g/mol. The molecule has 5 nitrogen and oxygen atoms in total. The Labute approximate surface area is 190 Å². The summed E-state index contributed by atoms with van der Waals surface area (Å²) in [6.07, 6.45) is 1.70. The number of para-hydroxylation sites is 1. The van der Waals surface area contributed by atoms with Crippen LogP contribution in [0.2, 0.25) is 10.0 Å². The molecule has 0 saturated heterocycles. The van der Waals surface area contributed by atoms with E-state index in [1.165, 1.54) is 25.3 Å². The third-order valence-electron chi connectivity index (χ3n) is 4.37. The Hall–Kier alpha value is -3.46. The fraction of sp³-hybridized carbons (Fsp3) is 0.0833. The van der Waals surface area contributed by atoms with E-state index in [1.807, 2.05) is 12.1 Å². The SMILES string of the molecule is COc1cc(/C=C(/C#N)c2ccccc2OC)ccc1OC(=O)c1ccc(Cl)c(Cl)c1. The Morgan fingerprint density at radius 3 is 2.32 bits per heavy atom. The largest absolute Gasteiger partial charge is 0.496 e. The summed E-state index contributed by atoms with van der Waals surface area (Å²) in [4.78, 5) is 12.5. The zero-order valence-corrected chi connectivity index (χ0v) is 18.2. The lowest BCUT2D eigenvalue weighted by atomic mass is 10.0. The highest BCUT2D eigenvalue weighted by molar-refractivity contribution is 6.42. The summed E-state index contributed by atoms with van der Waals surface area (Å²) in [5.41, 5.74) is 2.03. The second kappa shape index (κ2) is 10.0. The molecule has 0 amide bonds. The van der Waals surface area contributed by atoms with Gasteiger partial charge in [0, 0.05) is 5.56 Å². The summed E-state index contributed by atoms with van der Waals surface area (Å²) < 4.78 is 16.2. The second-order valence-corrected chi connectivity index (χ2v) is 7.11. The van der Waals surface area contributed by atoms with Crippen molar-refractivity contribution < 1.29 is 19.0 Å². The first-order chi connectivity index (χ1) is 15.0. The van der Waals surface area contributed by atoms with E-state index in [0.29, 0.717) is 33.2 Å². The monoisotopic (exact) mass is 453 g/mol. The number of halogens is 2. The van der Waals surface area contributed by atoms with E-state index in [-0.39, 0.29) is 16.3 Å². The molecule has 7 heteroatoms. The Morgan fingerprint density at radius 2 is 1.65 bits per heavy atom. The molecule has 0 spiro atoms. The minimum atomic E-state index is -0.605. The lowest BCUT2D eigenvalue weighted by Crippen LogP contribution is -2.09. The molecule has 0 saturated carbocycles. The summed E-state index contributed by atoms with van der Waals surface area (Å²) in [6.45, 7) is 0. The van der Waals surface area contributed by atoms with Crippen LogP contribution in [0.15, 0.2) is 60.7 Å². The molecule has 156 valence electrons. The van der Waals surface area contributed by atoms with Gasteiger partial charge in [0.15, 0.2) is 11.5 Å². The molecule has 0 unspecified atom stereocenters. The lowest BCUT2D eigenvalue weighted by Gasteiger charge is -2.11. The summed E-state index contributed by atoms with van der Waals surface area (Å²) in [5, 5.41) is 10.2. The molecule has 0 aliphatic carbocycles. The molecule has 0 atom stereocenters. The van der Waals surface area contributed by atoms with Gasteiger partial charge in [-0.15, -0.1) is 0 Å². The van der Waals surface area contributed by atoms with Gasteiger partial charge in [0.05, 0.1) is 41.5 Å². The molecular weight excluding hydrogens is 437 g/mol. The number of carbonyl (C=O) groups excluding carboxylic acids is 1. The van der Waals surface area contributed by atoms with E-state index < -0.39 is 5.97 Å². The highest BCUT2D eigenvalue weighted by atomic mass is 35.5. The summed E-state index contributed by atoms with van der Waals surface area (Å²) >= 11 is 11.9. The molecule has 0 N–H and O–H groups in total. The molecule has 0 bridgehead atoms. The molecule has 0 heterocycles. The Bertz CT molecular complexity index is 1200. The smallest absolute Gasteiger partial charge is 0.343 e. The number of allylic oxidation sites excluding steroid dienone is 1. The number of nitriles is 1.